The molecule has 6 heteroatoms. The van der Waals surface area contributed by atoms with Crippen molar-refractivity contribution in [3.8, 4) is 10.6 Å². The molecule has 0 saturated carbocycles. The second-order valence-electron chi connectivity index (χ2n) is 5.88. The fourth-order valence-electron chi connectivity index (χ4n) is 2.68. The maximum absolute atomic E-state index is 12.4. The molecule has 1 heterocycles. The number of carbonyl (C=O) groups is 2. The summed E-state index contributed by atoms with van der Waals surface area (Å²) in [6.45, 7) is 0. The zero-order valence-electron chi connectivity index (χ0n) is 13.8. The number of nitrogens with zero attached hydrogens (tertiary/aromatic N) is 1. The van der Waals surface area contributed by atoms with Crippen LogP contribution in [0.1, 0.15) is 23.6 Å². The summed E-state index contributed by atoms with van der Waals surface area (Å²) in [6, 6.07) is 16.2. The van der Waals surface area contributed by atoms with Gasteiger partial charge >= 0.3 is 5.97 Å². The number of thiazole rings is 1. The molecule has 1 atom stereocenters. The van der Waals surface area contributed by atoms with Crippen molar-refractivity contribution in [2.24, 2.45) is 0 Å². The van der Waals surface area contributed by atoms with E-state index in [9.17, 15) is 14.7 Å². The molecule has 0 amide bonds. The number of Topliss-reactive ketones (excluding diaryl/α,β-unsaturated/α-hetero) is 1. The Morgan fingerprint density at radius 3 is 2.58 bits per heavy atom. The lowest BCUT2D eigenvalue weighted by Gasteiger charge is -2.11. The van der Waals surface area contributed by atoms with Crippen LogP contribution in [-0.4, -0.2) is 21.8 Å². The first-order valence-corrected chi connectivity index (χ1v) is 9.28. The van der Waals surface area contributed by atoms with Crippen LogP contribution in [0, 0.1) is 0 Å². The van der Waals surface area contributed by atoms with Gasteiger partial charge in [0.2, 0.25) is 0 Å². The molecule has 0 spiro atoms. The quantitative estimate of drug-likeness (QED) is 0.632. The first kappa shape index (κ1) is 18.3. The van der Waals surface area contributed by atoms with Crippen molar-refractivity contribution in [3.05, 3.63) is 76.3 Å². The molecule has 4 nitrogen and oxygen atoms in total. The molecule has 1 N–H and O–H groups in total. The highest BCUT2D eigenvalue weighted by atomic mass is 35.5. The van der Waals surface area contributed by atoms with Gasteiger partial charge in [0, 0.05) is 28.8 Å². The Bertz CT molecular complexity index is 924. The van der Waals surface area contributed by atoms with Crippen molar-refractivity contribution < 1.29 is 14.7 Å². The topological polar surface area (TPSA) is 67.3 Å². The van der Waals surface area contributed by atoms with E-state index in [0.29, 0.717) is 16.3 Å². The molecule has 3 rings (SSSR count). The van der Waals surface area contributed by atoms with Gasteiger partial charge in [-0.1, -0.05) is 54.1 Å². The molecule has 2 aromatic carbocycles. The number of aliphatic carboxylic acids is 1. The van der Waals surface area contributed by atoms with Crippen molar-refractivity contribution >= 4 is 34.7 Å². The number of carbonyl (C=O) groups excluding carboxylic acids is 1. The summed E-state index contributed by atoms with van der Waals surface area (Å²) in [4.78, 5) is 28.4. The number of hydrogen-bond donors (Lipinski definition) is 1. The summed E-state index contributed by atoms with van der Waals surface area (Å²) in [5, 5.41) is 12.7. The Hall–Kier alpha value is -2.50. The Labute approximate surface area is 160 Å². The summed E-state index contributed by atoms with van der Waals surface area (Å²) in [5.74, 6) is -1.98. The smallest absolute Gasteiger partial charge is 0.311 e. The van der Waals surface area contributed by atoms with Crippen molar-refractivity contribution in [1.82, 2.24) is 4.98 Å². The number of carboxylic acids is 1. The Morgan fingerprint density at radius 2 is 1.88 bits per heavy atom. The van der Waals surface area contributed by atoms with E-state index in [-0.39, 0.29) is 18.6 Å². The van der Waals surface area contributed by atoms with Crippen LogP contribution in [0.15, 0.2) is 60.0 Å². The van der Waals surface area contributed by atoms with Crippen LogP contribution in [0.5, 0.6) is 0 Å². The molecule has 0 fully saturated rings. The Kier molecular flexibility index (Phi) is 5.81. The third-order valence-corrected chi connectivity index (χ3v) is 5.11. The third-order valence-electron chi connectivity index (χ3n) is 3.93. The molecule has 3 aromatic rings. The van der Waals surface area contributed by atoms with Crippen molar-refractivity contribution in [2.75, 3.05) is 0 Å². The molecule has 132 valence electrons. The lowest BCUT2D eigenvalue weighted by Crippen LogP contribution is -2.17. The standard InChI is InChI=1S/C20H16ClNO3S/c21-15-8-4-7-14(9-15)19-22-16(12-26-19)10-17(23)11-18(20(24)25)13-5-2-1-3-6-13/h1-9,12,18H,10-11H2,(H,24,25)/t18-/m1/s1. The third kappa shape index (κ3) is 4.56. The number of aromatic nitrogens is 1. The average molecular weight is 386 g/mol. The molecule has 0 aliphatic carbocycles. The lowest BCUT2D eigenvalue weighted by atomic mass is 9.93. The van der Waals surface area contributed by atoms with E-state index in [0.717, 1.165) is 10.6 Å². The summed E-state index contributed by atoms with van der Waals surface area (Å²) >= 11 is 7.43. The van der Waals surface area contributed by atoms with E-state index in [1.165, 1.54) is 11.3 Å². The van der Waals surface area contributed by atoms with E-state index in [1.807, 2.05) is 29.6 Å². The van der Waals surface area contributed by atoms with Crippen LogP contribution in [0.3, 0.4) is 0 Å². The maximum Gasteiger partial charge on any atom is 0.311 e. The lowest BCUT2D eigenvalue weighted by molar-refractivity contribution is -0.140. The van der Waals surface area contributed by atoms with E-state index >= 15 is 0 Å². The predicted molar refractivity (Wildman–Crippen MR) is 103 cm³/mol. The van der Waals surface area contributed by atoms with Crippen LogP contribution in [0.25, 0.3) is 10.6 Å². The summed E-state index contributed by atoms with van der Waals surface area (Å²) in [5.41, 5.74) is 2.17. The number of ketones is 1. The average Bonchev–Trinajstić information content (AvgIpc) is 3.08. The molecule has 0 unspecified atom stereocenters. The zero-order chi connectivity index (χ0) is 18.5. The summed E-state index contributed by atoms with van der Waals surface area (Å²) in [7, 11) is 0. The normalized spacial score (nSPS) is 11.9. The monoisotopic (exact) mass is 385 g/mol. The second-order valence-corrected chi connectivity index (χ2v) is 7.17. The van der Waals surface area contributed by atoms with Gasteiger partial charge in [0.1, 0.15) is 10.8 Å². The minimum absolute atomic E-state index is 0.0522. The first-order valence-electron chi connectivity index (χ1n) is 8.02. The van der Waals surface area contributed by atoms with Gasteiger partial charge in [-0.3, -0.25) is 9.59 Å². The highest BCUT2D eigenvalue weighted by Gasteiger charge is 2.23. The van der Waals surface area contributed by atoms with E-state index in [1.54, 1.807) is 30.3 Å². The highest BCUT2D eigenvalue weighted by Crippen LogP contribution is 2.27. The maximum atomic E-state index is 12.4. The molecular weight excluding hydrogens is 370 g/mol. The second kappa shape index (κ2) is 8.25. The van der Waals surface area contributed by atoms with Crippen molar-refractivity contribution in [2.45, 2.75) is 18.8 Å². The van der Waals surface area contributed by atoms with Gasteiger partial charge in [0.15, 0.2) is 0 Å². The fourth-order valence-corrected chi connectivity index (χ4v) is 3.68. The van der Waals surface area contributed by atoms with Crippen LogP contribution in [0.4, 0.5) is 0 Å². The van der Waals surface area contributed by atoms with Gasteiger partial charge in [0.25, 0.3) is 0 Å². The molecule has 0 aliphatic rings. The number of benzene rings is 2. The SMILES string of the molecule is O=C(Cc1csc(-c2cccc(Cl)c2)n1)C[C@@H](C(=O)O)c1ccccc1. The predicted octanol–water partition coefficient (Wildman–Crippen LogP) is 4.83. The van der Waals surface area contributed by atoms with Gasteiger partial charge in [-0.15, -0.1) is 11.3 Å². The van der Waals surface area contributed by atoms with E-state index in [2.05, 4.69) is 4.98 Å². The minimum Gasteiger partial charge on any atom is -0.481 e. The molecule has 1 aromatic heterocycles. The van der Waals surface area contributed by atoms with Gasteiger partial charge in [-0.25, -0.2) is 4.98 Å². The molecular formula is C20H16ClNO3S. The van der Waals surface area contributed by atoms with Gasteiger partial charge in [-0.05, 0) is 17.7 Å². The Balaban J connectivity index is 1.69. The van der Waals surface area contributed by atoms with Crippen molar-refractivity contribution in [3.63, 3.8) is 0 Å². The minimum atomic E-state index is -0.998. The summed E-state index contributed by atoms with van der Waals surface area (Å²) in [6.07, 6.45) is 0.0665. The van der Waals surface area contributed by atoms with Crippen LogP contribution < -0.4 is 0 Å². The van der Waals surface area contributed by atoms with Crippen LogP contribution >= 0.6 is 22.9 Å². The highest BCUT2D eigenvalue weighted by molar-refractivity contribution is 7.13. The fraction of sp³-hybridized carbons (Fsp3) is 0.150. The van der Waals surface area contributed by atoms with E-state index < -0.39 is 11.9 Å². The number of carboxylic acid groups (broad SMARTS) is 1. The van der Waals surface area contributed by atoms with Gasteiger partial charge in [0.05, 0.1) is 11.6 Å². The van der Waals surface area contributed by atoms with Crippen LogP contribution in [0.2, 0.25) is 5.02 Å². The van der Waals surface area contributed by atoms with Gasteiger partial charge < -0.3 is 5.11 Å². The van der Waals surface area contributed by atoms with Gasteiger partial charge in [-0.2, -0.15) is 0 Å². The summed E-state index contributed by atoms with van der Waals surface area (Å²) < 4.78 is 0. The molecule has 0 bridgehead atoms. The van der Waals surface area contributed by atoms with Crippen LogP contribution in [-0.2, 0) is 16.0 Å². The molecule has 0 aliphatic heterocycles. The largest absolute Gasteiger partial charge is 0.481 e. The number of rotatable bonds is 7. The Morgan fingerprint density at radius 1 is 1.12 bits per heavy atom. The van der Waals surface area contributed by atoms with E-state index in [4.69, 9.17) is 11.6 Å². The number of halogens is 1. The molecule has 26 heavy (non-hydrogen) atoms. The van der Waals surface area contributed by atoms with Crippen molar-refractivity contribution in [1.29, 1.82) is 0 Å². The molecule has 0 radical (unpaired) electrons. The molecule has 0 saturated heterocycles. The zero-order valence-corrected chi connectivity index (χ0v) is 15.3. The first-order chi connectivity index (χ1) is 12.5. The number of hydrogen-bond acceptors (Lipinski definition) is 4.